The van der Waals surface area contributed by atoms with Crippen LogP contribution in [0.3, 0.4) is 0 Å². The third-order valence-electron chi connectivity index (χ3n) is 4.39. The number of likely N-dealkylation sites (tertiary alicyclic amines) is 1. The van der Waals surface area contributed by atoms with E-state index in [9.17, 15) is 0 Å². The molecule has 0 aromatic rings. The monoisotopic (exact) mass is 255 g/mol. The highest BCUT2D eigenvalue weighted by atomic mass is 15.3. The van der Waals surface area contributed by atoms with E-state index in [4.69, 9.17) is 5.84 Å². The normalized spacial score (nSPS) is 25.7. The predicted molar refractivity (Wildman–Crippen MR) is 75.3 cm³/mol. The predicted octanol–water partition coefficient (Wildman–Crippen LogP) is -0.591. The van der Waals surface area contributed by atoms with E-state index in [0.717, 1.165) is 19.0 Å². The molecule has 0 bridgehead atoms. The quantitative estimate of drug-likeness (QED) is 0.508. The summed E-state index contributed by atoms with van der Waals surface area (Å²) >= 11 is 0. The fourth-order valence-corrected chi connectivity index (χ4v) is 3.01. The summed E-state index contributed by atoms with van der Waals surface area (Å²) in [6, 6.07) is 0. The molecule has 2 heterocycles. The van der Waals surface area contributed by atoms with Gasteiger partial charge in [-0.05, 0) is 38.9 Å². The number of rotatable bonds is 5. The van der Waals surface area contributed by atoms with Crippen LogP contribution >= 0.6 is 0 Å². The van der Waals surface area contributed by atoms with Crippen molar-refractivity contribution in [3.8, 4) is 0 Å². The Morgan fingerprint density at radius 2 is 1.67 bits per heavy atom. The molecular weight excluding hydrogens is 226 g/mol. The molecular formula is C13H29N5. The van der Waals surface area contributed by atoms with Gasteiger partial charge in [0, 0.05) is 45.8 Å². The van der Waals surface area contributed by atoms with Crippen LogP contribution in [0.2, 0.25) is 0 Å². The van der Waals surface area contributed by atoms with Gasteiger partial charge in [-0.15, -0.1) is 0 Å². The topological polar surface area (TPSA) is 47.8 Å². The molecule has 0 unspecified atom stereocenters. The maximum absolute atomic E-state index is 5.32. The minimum Gasteiger partial charge on any atom is -0.304 e. The average Bonchev–Trinajstić information content (AvgIpc) is 2.41. The number of piperidine rings is 1. The van der Waals surface area contributed by atoms with Crippen LogP contribution in [0.1, 0.15) is 12.8 Å². The standard InChI is InChI=1S/C13H29N5/c1-16-8-10-18(11-9-16)12-13-2-5-17(6-3-13)7-4-15-14/h13,15H,2-12,14H2,1H3. The van der Waals surface area contributed by atoms with Gasteiger partial charge in [0.2, 0.25) is 0 Å². The molecule has 5 nitrogen and oxygen atoms in total. The van der Waals surface area contributed by atoms with Crippen molar-refractivity contribution in [2.24, 2.45) is 11.8 Å². The highest BCUT2D eigenvalue weighted by Crippen LogP contribution is 2.18. The van der Waals surface area contributed by atoms with Crippen molar-refractivity contribution in [2.75, 3.05) is 66.0 Å². The second-order valence-corrected chi connectivity index (χ2v) is 5.84. The van der Waals surface area contributed by atoms with Crippen molar-refractivity contribution in [1.29, 1.82) is 0 Å². The molecule has 0 radical (unpaired) electrons. The SMILES string of the molecule is CN1CCN(CC2CCN(CCNN)CC2)CC1. The molecule has 0 aliphatic carbocycles. The number of hydrogen-bond donors (Lipinski definition) is 2. The highest BCUT2D eigenvalue weighted by molar-refractivity contribution is 4.77. The largest absolute Gasteiger partial charge is 0.304 e. The van der Waals surface area contributed by atoms with Crippen molar-refractivity contribution >= 4 is 0 Å². The Bertz CT molecular complexity index is 219. The van der Waals surface area contributed by atoms with Crippen LogP contribution in [-0.2, 0) is 0 Å². The number of piperazine rings is 1. The molecule has 106 valence electrons. The van der Waals surface area contributed by atoms with E-state index in [1.165, 1.54) is 58.7 Å². The number of likely N-dealkylation sites (N-methyl/N-ethyl adjacent to an activating group) is 1. The van der Waals surface area contributed by atoms with Crippen molar-refractivity contribution in [1.82, 2.24) is 20.1 Å². The van der Waals surface area contributed by atoms with Crippen molar-refractivity contribution in [2.45, 2.75) is 12.8 Å². The molecule has 2 aliphatic rings. The van der Waals surface area contributed by atoms with E-state index in [0.29, 0.717) is 0 Å². The van der Waals surface area contributed by atoms with Crippen LogP contribution in [0.25, 0.3) is 0 Å². The van der Waals surface area contributed by atoms with E-state index in [1.54, 1.807) is 0 Å². The Morgan fingerprint density at radius 3 is 2.28 bits per heavy atom. The van der Waals surface area contributed by atoms with E-state index in [-0.39, 0.29) is 0 Å². The average molecular weight is 255 g/mol. The van der Waals surface area contributed by atoms with Gasteiger partial charge in [0.15, 0.2) is 0 Å². The summed E-state index contributed by atoms with van der Waals surface area (Å²) in [5.41, 5.74) is 2.74. The van der Waals surface area contributed by atoms with Gasteiger partial charge in [-0.25, -0.2) is 0 Å². The molecule has 0 atom stereocenters. The molecule has 0 spiro atoms. The lowest BCUT2D eigenvalue weighted by molar-refractivity contribution is 0.106. The van der Waals surface area contributed by atoms with Crippen molar-refractivity contribution in [3.63, 3.8) is 0 Å². The third-order valence-corrected chi connectivity index (χ3v) is 4.39. The van der Waals surface area contributed by atoms with E-state index in [2.05, 4.69) is 27.2 Å². The first-order valence-electron chi connectivity index (χ1n) is 7.34. The van der Waals surface area contributed by atoms with Gasteiger partial charge in [-0.3, -0.25) is 11.3 Å². The first-order valence-corrected chi connectivity index (χ1v) is 7.34. The molecule has 0 amide bonds. The molecule has 2 saturated heterocycles. The molecule has 0 saturated carbocycles. The van der Waals surface area contributed by atoms with Crippen LogP contribution in [0.5, 0.6) is 0 Å². The summed E-state index contributed by atoms with van der Waals surface area (Å²) in [4.78, 5) is 7.61. The maximum atomic E-state index is 5.32. The second-order valence-electron chi connectivity index (χ2n) is 5.84. The molecule has 0 aromatic carbocycles. The number of nitrogens with zero attached hydrogens (tertiary/aromatic N) is 3. The lowest BCUT2D eigenvalue weighted by Crippen LogP contribution is -2.47. The Labute approximate surface area is 111 Å². The van der Waals surface area contributed by atoms with Gasteiger partial charge in [0.05, 0.1) is 0 Å². The Balaban J connectivity index is 1.61. The summed E-state index contributed by atoms with van der Waals surface area (Å²) in [5.74, 6) is 6.23. The zero-order valence-electron chi connectivity index (χ0n) is 11.8. The first kappa shape index (κ1) is 14.2. The van der Waals surface area contributed by atoms with Gasteiger partial charge in [-0.1, -0.05) is 0 Å². The summed E-state index contributed by atoms with van der Waals surface area (Å²) in [6.07, 6.45) is 2.72. The van der Waals surface area contributed by atoms with Crippen molar-refractivity contribution < 1.29 is 0 Å². The fourth-order valence-electron chi connectivity index (χ4n) is 3.01. The summed E-state index contributed by atoms with van der Waals surface area (Å²) in [5, 5.41) is 0. The Morgan fingerprint density at radius 1 is 1.00 bits per heavy atom. The lowest BCUT2D eigenvalue weighted by Gasteiger charge is -2.37. The number of nitrogens with two attached hydrogens (primary N) is 1. The van der Waals surface area contributed by atoms with Crippen LogP contribution in [0.4, 0.5) is 0 Å². The van der Waals surface area contributed by atoms with Crippen molar-refractivity contribution in [3.05, 3.63) is 0 Å². The van der Waals surface area contributed by atoms with E-state index in [1.807, 2.05) is 0 Å². The molecule has 18 heavy (non-hydrogen) atoms. The zero-order valence-corrected chi connectivity index (χ0v) is 11.8. The van der Waals surface area contributed by atoms with Gasteiger partial charge < -0.3 is 14.7 Å². The molecule has 5 heteroatoms. The van der Waals surface area contributed by atoms with E-state index >= 15 is 0 Å². The smallest absolute Gasteiger partial charge is 0.0225 e. The number of hydrogen-bond acceptors (Lipinski definition) is 5. The number of hydrazine groups is 1. The van der Waals surface area contributed by atoms with Gasteiger partial charge in [0.25, 0.3) is 0 Å². The van der Waals surface area contributed by atoms with E-state index < -0.39 is 0 Å². The second kappa shape index (κ2) is 7.40. The zero-order chi connectivity index (χ0) is 12.8. The molecule has 2 rings (SSSR count). The summed E-state index contributed by atoms with van der Waals surface area (Å²) in [7, 11) is 2.22. The minimum atomic E-state index is 0.906. The minimum absolute atomic E-state index is 0.906. The summed E-state index contributed by atoms with van der Waals surface area (Å²) in [6.45, 7) is 10.8. The van der Waals surface area contributed by atoms with Crippen LogP contribution < -0.4 is 11.3 Å². The molecule has 0 aromatic heterocycles. The Hall–Kier alpha value is -0.200. The third kappa shape index (κ3) is 4.48. The molecule has 2 fully saturated rings. The fraction of sp³-hybridized carbons (Fsp3) is 1.00. The lowest BCUT2D eigenvalue weighted by atomic mass is 9.96. The van der Waals surface area contributed by atoms with Gasteiger partial charge in [-0.2, -0.15) is 0 Å². The molecule has 2 aliphatic heterocycles. The van der Waals surface area contributed by atoms with Crippen LogP contribution in [0, 0.1) is 5.92 Å². The maximum Gasteiger partial charge on any atom is 0.0225 e. The highest BCUT2D eigenvalue weighted by Gasteiger charge is 2.22. The van der Waals surface area contributed by atoms with Crippen LogP contribution in [-0.4, -0.2) is 80.7 Å². The number of nitrogens with one attached hydrogen (secondary N) is 1. The first-order chi connectivity index (χ1) is 8.78. The Kier molecular flexibility index (Phi) is 5.85. The van der Waals surface area contributed by atoms with Gasteiger partial charge in [0.1, 0.15) is 0 Å². The summed E-state index contributed by atoms with van der Waals surface area (Å²) < 4.78 is 0. The van der Waals surface area contributed by atoms with Gasteiger partial charge >= 0.3 is 0 Å². The van der Waals surface area contributed by atoms with Crippen LogP contribution in [0.15, 0.2) is 0 Å². The molecule has 3 N–H and O–H groups in total.